The van der Waals surface area contributed by atoms with E-state index >= 15 is 0 Å². The van der Waals surface area contributed by atoms with Crippen LogP contribution in [0.15, 0.2) is 54.6 Å². The summed E-state index contributed by atoms with van der Waals surface area (Å²) < 4.78 is 7.61. The molecule has 4 aliphatic heterocycles. The zero-order chi connectivity index (χ0) is 33.4. The van der Waals surface area contributed by atoms with Crippen molar-refractivity contribution in [2.24, 2.45) is 0 Å². The summed E-state index contributed by atoms with van der Waals surface area (Å²) in [6.07, 6.45) is 10.6. The molecule has 0 radical (unpaired) electrons. The maximum Gasteiger partial charge on any atom is 0.276 e. The molecular weight excluding hydrogens is 620 g/mol. The summed E-state index contributed by atoms with van der Waals surface area (Å²) in [6, 6.07) is 8.77. The van der Waals surface area contributed by atoms with Crippen molar-refractivity contribution >= 4 is 35.1 Å². The number of nitrogens with zero attached hydrogens (tertiary/aromatic N) is 7. The number of amides is 1. The molecule has 3 aromatic heterocycles. The highest BCUT2D eigenvalue weighted by Gasteiger charge is 2.43. The van der Waals surface area contributed by atoms with Crippen LogP contribution in [0.4, 0.5) is 17.3 Å². The van der Waals surface area contributed by atoms with Crippen molar-refractivity contribution in [2.45, 2.75) is 62.9 Å². The molecule has 9 rings (SSSR count). The van der Waals surface area contributed by atoms with Gasteiger partial charge in [0.1, 0.15) is 17.3 Å². The van der Waals surface area contributed by atoms with Gasteiger partial charge in [-0.05, 0) is 73.6 Å². The maximum atomic E-state index is 13.9. The molecule has 7 heterocycles. The maximum absolute atomic E-state index is 13.9. The van der Waals surface area contributed by atoms with Crippen molar-refractivity contribution in [1.82, 2.24) is 24.3 Å². The molecule has 12 heteroatoms. The second kappa shape index (κ2) is 11.8. The van der Waals surface area contributed by atoms with E-state index < -0.39 is 6.23 Å². The predicted molar refractivity (Wildman–Crippen MR) is 186 cm³/mol. The van der Waals surface area contributed by atoms with Crippen molar-refractivity contribution in [3.8, 4) is 0 Å². The highest BCUT2D eigenvalue weighted by molar-refractivity contribution is 6.08. The molecule has 6 aliphatic rings. The second-order valence-corrected chi connectivity index (χ2v) is 14.4. The number of pyridine rings is 2. The number of carbonyl (C=O) groups excluding carboxylic acids is 2. The lowest BCUT2D eigenvalue weighted by Gasteiger charge is -2.46. The predicted octanol–water partition coefficient (Wildman–Crippen LogP) is 3.63. The van der Waals surface area contributed by atoms with Gasteiger partial charge in [-0.1, -0.05) is 0 Å². The van der Waals surface area contributed by atoms with E-state index in [0.29, 0.717) is 76.7 Å². The molecule has 3 aromatic rings. The van der Waals surface area contributed by atoms with Crippen LogP contribution in [0, 0.1) is 0 Å². The lowest BCUT2D eigenvalue weighted by Crippen LogP contribution is -2.59. The van der Waals surface area contributed by atoms with Crippen molar-refractivity contribution in [3.05, 3.63) is 82.7 Å². The number of aldehydes is 1. The van der Waals surface area contributed by atoms with Crippen LogP contribution >= 0.6 is 0 Å². The highest BCUT2D eigenvalue weighted by atomic mass is 16.5. The van der Waals surface area contributed by atoms with Crippen LogP contribution < -0.4 is 15.1 Å². The minimum atomic E-state index is -0.941. The standard InChI is InChI=1S/C37H42N8O4/c1-22-17-42(27-20-49-21-27)9-10-43(22)26-5-6-33(39-16-26)40-31-14-25(18-41(2)36(31)47)28-7-8-38-35(30(28)19-46)45-12-11-44-32(37(45)48)15-29-23-3-4-24(13-23)34(29)44/h5-8,14-16,18-19,22-24,27,36,47H,3-4,9-13,17,20-21H2,1-2H3,(H,39,40)/t22-,23-,24+,36?/m0/s1. The third-order valence-corrected chi connectivity index (χ3v) is 11.6. The van der Waals surface area contributed by atoms with Crippen molar-refractivity contribution in [1.29, 1.82) is 0 Å². The minimum Gasteiger partial charge on any atom is -0.378 e. The van der Waals surface area contributed by atoms with Gasteiger partial charge in [0, 0.05) is 75.4 Å². The molecule has 254 valence electrons. The van der Waals surface area contributed by atoms with E-state index in [0.717, 1.165) is 44.8 Å². The van der Waals surface area contributed by atoms with Gasteiger partial charge in [0.2, 0.25) is 0 Å². The largest absolute Gasteiger partial charge is 0.378 e. The van der Waals surface area contributed by atoms with Crippen LogP contribution in [0.2, 0.25) is 0 Å². The molecule has 2 saturated heterocycles. The number of hydrogen-bond donors (Lipinski definition) is 2. The lowest BCUT2D eigenvalue weighted by molar-refractivity contribution is -0.0691. The van der Waals surface area contributed by atoms with E-state index in [4.69, 9.17) is 9.72 Å². The average molecular weight is 663 g/mol. The normalized spacial score (nSPS) is 26.7. The van der Waals surface area contributed by atoms with Crippen molar-refractivity contribution in [2.75, 3.05) is 61.6 Å². The summed E-state index contributed by atoms with van der Waals surface area (Å²) in [7, 11) is 1.78. The van der Waals surface area contributed by atoms with Gasteiger partial charge in [0.15, 0.2) is 12.5 Å². The Morgan fingerprint density at radius 3 is 2.67 bits per heavy atom. The van der Waals surface area contributed by atoms with Gasteiger partial charge in [-0.25, -0.2) is 9.97 Å². The first-order chi connectivity index (χ1) is 23.9. The Balaban J connectivity index is 0.950. The first-order valence-corrected chi connectivity index (χ1v) is 17.5. The van der Waals surface area contributed by atoms with Gasteiger partial charge < -0.3 is 29.5 Å². The number of anilines is 3. The third kappa shape index (κ3) is 4.99. The SMILES string of the molecule is C[C@H]1CN(C2COC2)CCN1c1ccc(NC2=CC(c3ccnc(N4CCn5c(cc6c5[C@@H]5CC[C@H]6C5)C4=O)c3C=O)=CN(C)C2O)nc1. The molecule has 49 heavy (non-hydrogen) atoms. The number of likely N-dealkylation sites (N-methyl/N-ethyl adjacent to an activating group) is 1. The van der Waals surface area contributed by atoms with E-state index in [1.165, 1.54) is 30.5 Å². The number of nitrogens with one attached hydrogen (secondary N) is 1. The number of rotatable bonds is 7. The summed E-state index contributed by atoms with van der Waals surface area (Å²) in [5.74, 6) is 1.98. The van der Waals surface area contributed by atoms with E-state index in [2.05, 4.69) is 43.7 Å². The lowest BCUT2D eigenvalue weighted by atomic mass is 9.98. The summed E-state index contributed by atoms with van der Waals surface area (Å²) in [6.45, 7) is 7.97. The third-order valence-electron chi connectivity index (χ3n) is 11.6. The molecule has 2 aliphatic carbocycles. The van der Waals surface area contributed by atoms with Gasteiger partial charge in [0.25, 0.3) is 5.91 Å². The van der Waals surface area contributed by atoms with Crippen LogP contribution in [0.5, 0.6) is 0 Å². The molecular formula is C37H42N8O4. The van der Waals surface area contributed by atoms with Gasteiger partial charge in [-0.3, -0.25) is 19.4 Å². The highest BCUT2D eigenvalue weighted by Crippen LogP contribution is 2.54. The Morgan fingerprint density at radius 1 is 1.06 bits per heavy atom. The summed E-state index contributed by atoms with van der Waals surface area (Å²) >= 11 is 0. The molecule has 1 unspecified atom stereocenters. The van der Waals surface area contributed by atoms with E-state index in [1.807, 2.05) is 18.3 Å². The summed E-state index contributed by atoms with van der Waals surface area (Å²) in [5.41, 5.74) is 6.67. The quantitative estimate of drug-likeness (QED) is 0.363. The molecule has 1 amide bonds. The topological polar surface area (TPSA) is 119 Å². The van der Waals surface area contributed by atoms with Crippen molar-refractivity contribution < 1.29 is 19.4 Å². The molecule has 2 bridgehead atoms. The van der Waals surface area contributed by atoms with Gasteiger partial charge >= 0.3 is 0 Å². The number of allylic oxidation sites excluding steroid dienone is 2. The van der Waals surface area contributed by atoms with Crippen LogP contribution in [0.1, 0.15) is 75.7 Å². The molecule has 1 saturated carbocycles. The van der Waals surface area contributed by atoms with Gasteiger partial charge in [-0.2, -0.15) is 0 Å². The number of piperazine rings is 1. The minimum absolute atomic E-state index is 0.116. The number of aliphatic hydroxyl groups is 1. The molecule has 3 fully saturated rings. The van der Waals surface area contributed by atoms with Gasteiger partial charge in [0.05, 0.1) is 42.4 Å². The molecule has 2 N–H and O–H groups in total. The average Bonchev–Trinajstić information content (AvgIpc) is 3.81. The van der Waals surface area contributed by atoms with Crippen LogP contribution in [0.3, 0.4) is 0 Å². The molecule has 0 aromatic carbocycles. The van der Waals surface area contributed by atoms with Crippen molar-refractivity contribution in [3.63, 3.8) is 0 Å². The number of aromatic nitrogens is 3. The zero-order valence-corrected chi connectivity index (χ0v) is 28.0. The smallest absolute Gasteiger partial charge is 0.276 e. The Bertz CT molecular complexity index is 1880. The number of aliphatic hydroxyl groups excluding tert-OH is 1. The monoisotopic (exact) mass is 662 g/mol. The van der Waals surface area contributed by atoms with E-state index in [1.54, 1.807) is 35.3 Å². The Labute approximate surface area is 285 Å². The van der Waals surface area contributed by atoms with Crippen LogP contribution in [-0.2, 0) is 11.3 Å². The molecule has 12 nitrogen and oxygen atoms in total. The van der Waals surface area contributed by atoms with Gasteiger partial charge in [-0.15, -0.1) is 0 Å². The number of hydrogen-bond acceptors (Lipinski definition) is 10. The van der Waals surface area contributed by atoms with Crippen LogP contribution in [-0.4, -0.2) is 106 Å². The van der Waals surface area contributed by atoms with E-state index in [-0.39, 0.29) is 5.91 Å². The fourth-order valence-electron chi connectivity index (χ4n) is 8.93. The molecule has 0 spiro atoms. The fourth-order valence-corrected chi connectivity index (χ4v) is 8.93. The van der Waals surface area contributed by atoms with E-state index in [9.17, 15) is 14.7 Å². The Morgan fingerprint density at radius 2 is 1.92 bits per heavy atom. The van der Waals surface area contributed by atoms with Crippen LogP contribution in [0.25, 0.3) is 5.57 Å². The first kappa shape index (κ1) is 30.5. The second-order valence-electron chi connectivity index (χ2n) is 14.4. The first-order valence-electron chi connectivity index (χ1n) is 17.5. The number of fused-ring (bicyclic) bond motifs is 7. The Kier molecular flexibility index (Phi) is 7.36. The zero-order valence-electron chi connectivity index (χ0n) is 28.0. The molecule has 4 atom stereocenters. The fraction of sp³-hybridized carbons (Fsp3) is 0.459. The summed E-state index contributed by atoms with van der Waals surface area (Å²) in [5, 5.41) is 14.4. The Hall–Kier alpha value is -4.52. The summed E-state index contributed by atoms with van der Waals surface area (Å²) in [4.78, 5) is 44.2. The number of carbonyl (C=O) groups is 2. The number of ether oxygens (including phenoxy) is 1.